The molecule has 28 heavy (non-hydrogen) atoms. The normalized spacial score (nSPS) is 11.7. The molecule has 0 saturated carbocycles. The van der Waals surface area contributed by atoms with Gasteiger partial charge in [-0.3, -0.25) is 4.79 Å². The molecule has 2 rings (SSSR count). The zero-order valence-corrected chi connectivity index (χ0v) is 17.0. The Morgan fingerprint density at radius 3 is 2.25 bits per heavy atom. The quantitative estimate of drug-likeness (QED) is 0.696. The molecule has 0 unspecified atom stereocenters. The van der Waals surface area contributed by atoms with Crippen molar-refractivity contribution in [3.05, 3.63) is 58.0 Å². The number of benzene rings is 1. The van der Waals surface area contributed by atoms with Crippen LogP contribution in [0.25, 0.3) is 0 Å². The van der Waals surface area contributed by atoms with Gasteiger partial charge in [-0.15, -0.1) is 0 Å². The molecule has 1 atom stereocenters. The van der Waals surface area contributed by atoms with Crippen molar-refractivity contribution >= 4 is 11.9 Å². The van der Waals surface area contributed by atoms with Crippen LogP contribution in [0, 0.1) is 26.7 Å². The summed E-state index contributed by atoms with van der Waals surface area (Å²) in [7, 11) is 1.32. The molecule has 0 aliphatic rings. The maximum atomic E-state index is 12.5. The van der Waals surface area contributed by atoms with Crippen LogP contribution in [0.15, 0.2) is 28.7 Å². The summed E-state index contributed by atoms with van der Waals surface area (Å²) in [6.45, 7) is 10.2. The lowest BCUT2D eigenvalue weighted by molar-refractivity contribution is -0.143. The number of nitrogens with one attached hydrogen (secondary N) is 1. The van der Waals surface area contributed by atoms with Crippen LogP contribution in [-0.4, -0.2) is 25.0 Å². The fraction of sp³-hybridized carbons (Fsp3) is 0.478. The molecular weight excluding hydrogens is 354 g/mol. The predicted molar refractivity (Wildman–Crippen MR) is 112 cm³/mol. The van der Waals surface area contributed by atoms with Crippen LogP contribution in [-0.2, 0) is 16.0 Å². The second-order valence-corrected chi connectivity index (χ2v) is 7.50. The third-order valence-electron chi connectivity index (χ3n) is 4.57. The summed E-state index contributed by atoms with van der Waals surface area (Å²) in [4.78, 5) is 24.4. The number of amides is 1. The Bertz CT molecular complexity index is 797. The van der Waals surface area contributed by atoms with E-state index in [1.807, 2.05) is 19.9 Å². The van der Waals surface area contributed by atoms with Crippen LogP contribution >= 0.6 is 0 Å². The van der Waals surface area contributed by atoms with Crippen molar-refractivity contribution in [1.82, 2.24) is 5.32 Å². The van der Waals surface area contributed by atoms with Gasteiger partial charge in [-0.2, -0.15) is 0 Å². The highest BCUT2D eigenvalue weighted by molar-refractivity contribution is 5.94. The molecule has 1 aromatic carbocycles. The number of hydrogen-bond donors (Lipinski definition) is 1. The minimum absolute atomic E-state index is 0. The van der Waals surface area contributed by atoms with Gasteiger partial charge in [0, 0.05) is 6.42 Å². The third-order valence-corrected chi connectivity index (χ3v) is 4.57. The summed E-state index contributed by atoms with van der Waals surface area (Å²) in [6.07, 6.45) is 1.13. The molecule has 1 aromatic heterocycles. The van der Waals surface area contributed by atoms with Crippen LogP contribution in [0.5, 0.6) is 0 Å². The summed E-state index contributed by atoms with van der Waals surface area (Å²) in [5.41, 5.74) is 4.84. The van der Waals surface area contributed by atoms with E-state index in [1.165, 1.54) is 29.4 Å². The molecule has 5 heteroatoms. The van der Waals surface area contributed by atoms with Gasteiger partial charge in [0.1, 0.15) is 11.8 Å². The van der Waals surface area contributed by atoms with Crippen molar-refractivity contribution in [2.45, 2.75) is 60.9 Å². The van der Waals surface area contributed by atoms with Crippen molar-refractivity contribution in [2.75, 3.05) is 7.11 Å². The highest BCUT2D eigenvalue weighted by atomic mass is 16.5. The highest BCUT2D eigenvalue weighted by Crippen LogP contribution is 2.21. The minimum atomic E-state index is -0.683. The number of carbonyl (C=O) groups excluding carboxylic acids is 2. The van der Waals surface area contributed by atoms with Crippen molar-refractivity contribution in [1.29, 1.82) is 0 Å². The minimum Gasteiger partial charge on any atom is -0.467 e. The molecule has 0 saturated heterocycles. The maximum absolute atomic E-state index is 12.5. The summed E-state index contributed by atoms with van der Waals surface area (Å²) in [5, 5.41) is 2.72. The predicted octanol–water partition coefficient (Wildman–Crippen LogP) is 4.75. The average Bonchev–Trinajstić information content (AvgIpc) is 3.05. The van der Waals surface area contributed by atoms with Crippen LogP contribution < -0.4 is 5.32 Å². The summed E-state index contributed by atoms with van der Waals surface area (Å²) in [5.74, 6) is 0.303. The number of esters is 1. The monoisotopic (exact) mass is 387 g/mol. The molecule has 154 valence electrons. The molecule has 0 fully saturated rings. The Morgan fingerprint density at radius 2 is 1.71 bits per heavy atom. The summed E-state index contributed by atoms with van der Waals surface area (Å²) >= 11 is 0. The standard InChI is InChI=1S/C22H29NO4.CH4/c1-13(2)9-19(22(25)26-6)23-21(24)20-8-7-17(27-20)12-18-15(4)10-14(3)11-16(18)5;/h7-8,10-11,13,19H,9,12H2,1-6H3,(H,23,24);1H4/t19-;/m0./s1. The van der Waals surface area contributed by atoms with Gasteiger partial charge in [0.2, 0.25) is 0 Å². The molecule has 0 bridgehead atoms. The Balaban J connectivity index is 0.00000392. The van der Waals surface area contributed by atoms with Crippen LogP contribution in [0.4, 0.5) is 0 Å². The lowest BCUT2D eigenvalue weighted by atomic mass is 9.97. The highest BCUT2D eigenvalue weighted by Gasteiger charge is 2.24. The van der Waals surface area contributed by atoms with Gasteiger partial charge >= 0.3 is 5.97 Å². The number of methoxy groups -OCH3 is 1. The fourth-order valence-electron chi connectivity index (χ4n) is 3.32. The average molecular weight is 388 g/mol. The SMILES string of the molecule is C.COC(=O)[C@H](CC(C)C)NC(=O)c1ccc(Cc2c(C)cc(C)cc2C)o1. The molecule has 0 aliphatic carbocycles. The van der Waals surface area contributed by atoms with Crippen LogP contribution in [0.1, 0.15) is 66.3 Å². The molecule has 1 amide bonds. The van der Waals surface area contributed by atoms with Crippen LogP contribution in [0.3, 0.4) is 0 Å². The Labute approximate surface area is 168 Å². The van der Waals surface area contributed by atoms with E-state index in [2.05, 4.69) is 38.2 Å². The summed E-state index contributed by atoms with van der Waals surface area (Å²) < 4.78 is 10.5. The number of carbonyl (C=O) groups is 2. The van der Waals surface area contributed by atoms with E-state index in [-0.39, 0.29) is 19.1 Å². The first kappa shape index (κ1) is 23.5. The van der Waals surface area contributed by atoms with Gasteiger partial charge in [-0.05, 0) is 61.9 Å². The second kappa shape index (κ2) is 10.1. The summed E-state index contributed by atoms with van der Waals surface area (Å²) in [6, 6.07) is 7.06. The third kappa shape index (κ3) is 5.98. The first-order valence-corrected chi connectivity index (χ1v) is 9.25. The molecule has 1 N–H and O–H groups in total. The van der Waals surface area contributed by atoms with Crippen molar-refractivity contribution in [3.8, 4) is 0 Å². The zero-order chi connectivity index (χ0) is 20.1. The van der Waals surface area contributed by atoms with Gasteiger partial charge in [0.15, 0.2) is 5.76 Å². The first-order chi connectivity index (χ1) is 12.7. The second-order valence-electron chi connectivity index (χ2n) is 7.50. The largest absolute Gasteiger partial charge is 0.467 e. The smallest absolute Gasteiger partial charge is 0.328 e. The topological polar surface area (TPSA) is 68.5 Å². The number of ether oxygens (including phenoxy) is 1. The van der Waals surface area contributed by atoms with Gasteiger partial charge in [0.25, 0.3) is 5.91 Å². The number of aryl methyl sites for hydroxylation is 3. The van der Waals surface area contributed by atoms with E-state index in [1.54, 1.807) is 6.07 Å². The first-order valence-electron chi connectivity index (χ1n) is 9.25. The van der Waals surface area contributed by atoms with Crippen molar-refractivity contribution in [3.63, 3.8) is 0 Å². The van der Waals surface area contributed by atoms with E-state index < -0.39 is 17.9 Å². The van der Waals surface area contributed by atoms with E-state index in [4.69, 9.17) is 9.15 Å². The molecular formula is C23H33NO4. The Kier molecular flexibility index (Phi) is 8.48. The van der Waals surface area contributed by atoms with Gasteiger partial charge in [0.05, 0.1) is 7.11 Å². The molecule has 0 aliphatic heterocycles. The lowest BCUT2D eigenvalue weighted by Crippen LogP contribution is -2.42. The van der Waals surface area contributed by atoms with Crippen molar-refractivity contribution in [2.24, 2.45) is 5.92 Å². The zero-order valence-electron chi connectivity index (χ0n) is 17.0. The van der Waals surface area contributed by atoms with E-state index in [0.717, 1.165) is 0 Å². The maximum Gasteiger partial charge on any atom is 0.328 e. The molecule has 2 aromatic rings. The Hall–Kier alpha value is -2.56. The van der Waals surface area contributed by atoms with E-state index >= 15 is 0 Å². The number of furan rings is 1. The van der Waals surface area contributed by atoms with Crippen LogP contribution in [0.2, 0.25) is 0 Å². The number of rotatable bonds is 7. The van der Waals surface area contributed by atoms with Gasteiger partial charge < -0.3 is 14.5 Å². The van der Waals surface area contributed by atoms with Gasteiger partial charge in [-0.25, -0.2) is 4.79 Å². The molecule has 1 heterocycles. The number of hydrogen-bond acceptors (Lipinski definition) is 4. The van der Waals surface area contributed by atoms with E-state index in [0.29, 0.717) is 18.6 Å². The van der Waals surface area contributed by atoms with E-state index in [9.17, 15) is 9.59 Å². The molecule has 0 radical (unpaired) electrons. The lowest BCUT2D eigenvalue weighted by Gasteiger charge is -2.17. The van der Waals surface area contributed by atoms with Gasteiger partial charge in [-0.1, -0.05) is 39.0 Å². The van der Waals surface area contributed by atoms with Crippen molar-refractivity contribution < 1.29 is 18.7 Å². The fourth-order valence-corrected chi connectivity index (χ4v) is 3.32. The molecule has 0 spiro atoms. The Morgan fingerprint density at radius 1 is 1.11 bits per heavy atom. The molecule has 5 nitrogen and oxygen atoms in total.